The topological polar surface area (TPSA) is 54.7 Å². The number of carbonyl (C=O) groups excluding carboxylic acids is 1. The Bertz CT molecular complexity index is 506. The summed E-state index contributed by atoms with van der Waals surface area (Å²) in [6.07, 6.45) is 10.3. The van der Waals surface area contributed by atoms with E-state index in [-0.39, 0.29) is 11.9 Å². The van der Waals surface area contributed by atoms with Gasteiger partial charge in [0.25, 0.3) is 11.9 Å². The second kappa shape index (κ2) is 7.86. The van der Waals surface area contributed by atoms with Gasteiger partial charge in [0.2, 0.25) is 0 Å². The Morgan fingerprint density at radius 3 is 2.65 bits per heavy atom. The number of methoxy groups -OCH3 is 1. The number of carbonyl (C=O) groups is 1. The van der Waals surface area contributed by atoms with Crippen LogP contribution in [-0.2, 0) is 0 Å². The van der Waals surface area contributed by atoms with Crippen LogP contribution in [0.25, 0.3) is 0 Å². The molecule has 1 saturated carbocycles. The number of hydrogen-bond acceptors (Lipinski definition) is 4. The zero-order chi connectivity index (χ0) is 16.1. The van der Waals surface area contributed by atoms with Gasteiger partial charge in [-0.3, -0.25) is 9.69 Å². The van der Waals surface area contributed by atoms with Crippen molar-refractivity contribution in [3.8, 4) is 5.95 Å². The van der Waals surface area contributed by atoms with Crippen LogP contribution in [0.3, 0.4) is 0 Å². The number of nitrogens with zero attached hydrogens (tertiary/aromatic N) is 1. The van der Waals surface area contributed by atoms with E-state index >= 15 is 0 Å². The quantitative estimate of drug-likeness (QED) is 0.866. The van der Waals surface area contributed by atoms with Gasteiger partial charge in [0, 0.05) is 24.7 Å². The Morgan fingerprint density at radius 2 is 1.96 bits per heavy atom. The van der Waals surface area contributed by atoms with Gasteiger partial charge in [-0.05, 0) is 38.3 Å². The van der Waals surface area contributed by atoms with Crippen molar-refractivity contribution in [2.24, 2.45) is 0 Å². The van der Waals surface area contributed by atoms with Gasteiger partial charge < -0.3 is 14.5 Å². The summed E-state index contributed by atoms with van der Waals surface area (Å²) in [7, 11) is 1.53. The lowest BCUT2D eigenvalue weighted by atomic mass is 10.00. The molecule has 1 aromatic heterocycles. The molecule has 1 atom stereocenters. The fourth-order valence-corrected chi connectivity index (χ4v) is 3.89. The van der Waals surface area contributed by atoms with Crippen LogP contribution in [0.4, 0.5) is 0 Å². The molecule has 1 saturated heterocycles. The molecule has 1 aliphatic heterocycles. The van der Waals surface area contributed by atoms with Gasteiger partial charge in [0.05, 0.1) is 7.11 Å². The molecule has 0 radical (unpaired) electrons. The minimum Gasteiger partial charge on any atom is -0.468 e. The molecule has 0 bridgehead atoms. The molecule has 1 amide bonds. The predicted octanol–water partition coefficient (Wildman–Crippen LogP) is 3.21. The molecule has 1 N–H and O–H groups in total. The summed E-state index contributed by atoms with van der Waals surface area (Å²) in [6, 6.07) is 4.27. The van der Waals surface area contributed by atoms with E-state index < -0.39 is 0 Å². The minimum absolute atomic E-state index is 0.138. The molecule has 1 aromatic rings. The molecule has 2 aliphatic rings. The molecule has 3 rings (SSSR count). The molecule has 0 spiro atoms. The standard InChI is InChI=1S/C18H28N2O3/c1-22-17-11-10-16(23-17)18(21)19-14-7-6-12-20(13-14)15-8-4-2-3-5-9-15/h10-11,14-15H,2-9,12-13H2,1H3,(H,19,21)/t14-/m1/s1. The van der Waals surface area contributed by atoms with E-state index in [1.807, 2.05) is 0 Å². The third-order valence-corrected chi connectivity index (χ3v) is 5.14. The largest absolute Gasteiger partial charge is 0.468 e. The molecular formula is C18H28N2O3. The number of amides is 1. The van der Waals surface area contributed by atoms with E-state index in [1.165, 1.54) is 52.2 Å². The van der Waals surface area contributed by atoms with Gasteiger partial charge >= 0.3 is 0 Å². The fourth-order valence-electron chi connectivity index (χ4n) is 3.89. The highest BCUT2D eigenvalue weighted by Gasteiger charge is 2.27. The highest BCUT2D eigenvalue weighted by atomic mass is 16.6. The average molecular weight is 320 g/mol. The van der Waals surface area contributed by atoms with Crippen LogP contribution in [0.5, 0.6) is 5.95 Å². The van der Waals surface area contributed by atoms with Crippen molar-refractivity contribution in [1.29, 1.82) is 0 Å². The van der Waals surface area contributed by atoms with E-state index in [1.54, 1.807) is 12.1 Å². The number of piperidine rings is 1. The molecule has 2 heterocycles. The normalized spacial score (nSPS) is 24.1. The molecule has 0 unspecified atom stereocenters. The van der Waals surface area contributed by atoms with Gasteiger partial charge in [-0.15, -0.1) is 0 Å². The van der Waals surface area contributed by atoms with Crippen molar-refractivity contribution < 1.29 is 13.9 Å². The number of hydrogen-bond donors (Lipinski definition) is 1. The maximum absolute atomic E-state index is 12.3. The number of rotatable bonds is 4. The molecule has 0 aromatic carbocycles. The zero-order valence-corrected chi connectivity index (χ0v) is 14.1. The number of nitrogens with one attached hydrogen (secondary N) is 1. The average Bonchev–Trinajstić information content (AvgIpc) is 2.89. The summed E-state index contributed by atoms with van der Waals surface area (Å²) in [5, 5.41) is 3.13. The van der Waals surface area contributed by atoms with Crippen molar-refractivity contribution >= 4 is 5.91 Å². The lowest BCUT2D eigenvalue weighted by molar-refractivity contribution is 0.0829. The van der Waals surface area contributed by atoms with Crippen molar-refractivity contribution in [1.82, 2.24) is 10.2 Å². The van der Waals surface area contributed by atoms with Crippen molar-refractivity contribution in [3.05, 3.63) is 17.9 Å². The van der Waals surface area contributed by atoms with Gasteiger partial charge in [0.1, 0.15) is 0 Å². The highest BCUT2D eigenvalue weighted by Crippen LogP contribution is 2.25. The summed E-state index contributed by atoms with van der Waals surface area (Å²) in [5.74, 6) is 0.563. The van der Waals surface area contributed by atoms with Crippen molar-refractivity contribution in [2.45, 2.75) is 63.5 Å². The van der Waals surface area contributed by atoms with Crippen LogP contribution in [-0.4, -0.2) is 43.1 Å². The maximum atomic E-state index is 12.3. The second-order valence-corrected chi connectivity index (χ2v) is 6.78. The SMILES string of the molecule is COc1ccc(C(=O)N[C@@H]2CCCN(C3CCCCCC3)C2)o1. The van der Waals surface area contributed by atoms with Gasteiger partial charge in [0.15, 0.2) is 5.76 Å². The van der Waals surface area contributed by atoms with Crippen LogP contribution in [0.15, 0.2) is 16.5 Å². The lowest BCUT2D eigenvalue weighted by Gasteiger charge is -2.38. The maximum Gasteiger partial charge on any atom is 0.287 e. The first-order chi connectivity index (χ1) is 11.3. The highest BCUT2D eigenvalue weighted by molar-refractivity contribution is 5.91. The molecule has 128 valence electrons. The minimum atomic E-state index is -0.138. The van der Waals surface area contributed by atoms with E-state index in [2.05, 4.69) is 10.2 Å². The smallest absolute Gasteiger partial charge is 0.287 e. The van der Waals surface area contributed by atoms with Crippen LogP contribution >= 0.6 is 0 Å². The Balaban J connectivity index is 1.54. The van der Waals surface area contributed by atoms with Crippen LogP contribution in [0.2, 0.25) is 0 Å². The van der Waals surface area contributed by atoms with E-state index in [4.69, 9.17) is 9.15 Å². The lowest BCUT2D eigenvalue weighted by Crippen LogP contribution is -2.50. The molecule has 2 fully saturated rings. The van der Waals surface area contributed by atoms with Crippen molar-refractivity contribution in [3.63, 3.8) is 0 Å². The first-order valence-electron chi connectivity index (χ1n) is 8.95. The van der Waals surface area contributed by atoms with Gasteiger partial charge in [-0.25, -0.2) is 0 Å². The van der Waals surface area contributed by atoms with Crippen LogP contribution < -0.4 is 10.1 Å². The second-order valence-electron chi connectivity index (χ2n) is 6.78. The summed E-state index contributed by atoms with van der Waals surface area (Å²) >= 11 is 0. The van der Waals surface area contributed by atoms with Crippen LogP contribution in [0.1, 0.15) is 61.9 Å². The predicted molar refractivity (Wildman–Crippen MR) is 88.8 cm³/mol. The zero-order valence-electron chi connectivity index (χ0n) is 14.1. The Kier molecular flexibility index (Phi) is 5.60. The van der Waals surface area contributed by atoms with Crippen LogP contribution in [0, 0.1) is 0 Å². The molecule has 5 nitrogen and oxygen atoms in total. The Morgan fingerprint density at radius 1 is 1.17 bits per heavy atom. The van der Waals surface area contributed by atoms with Gasteiger partial charge in [-0.1, -0.05) is 25.7 Å². The molecule has 1 aliphatic carbocycles. The number of ether oxygens (including phenoxy) is 1. The van der Waals surface area contributed by atoms with E-state index in [0.717, 1.165) is 19.4 Å². The van der Waals surface area contributed by atoms with E-state index in [0.29, 0.717) is 17.7 Å². The monoisotopic (exact) mass is 320 g/mol. The molecular weight excluding hydrogens is 292 g/mol. The fraction of sp³-hybridized carbons (Fsp3) is 0.722. The third-order valence-electron chi connectivity index (χ3n) is 5.14. The molecule has 23 heavy (non-hydrogen) atoms. The van der Waals surface area contributed by atoms with Gasteiger partial charge in [-0.2, -0.15) is 0 Å². The summed E-state index contributed by atoms with van der Waals surface area (Å²) < 4.78 is 10.3. The molecule has 5 heteroatoms. The Hall–Kier alpha value is -1.49. The first-order valence-corrected chi connectivity index (χ1v) is 8.95. The summed E-state index contributed by atoms with van der Waals surface area (Å²) in [5.41, 5.74) is 0. The number of likely N-dealkylation sites (tertiary alicyclic amines) is 1. The Labute approximate surface area is 138 Å². The summed E-state index contributed by atoms with van der Waals surface area (Å²) in [4.78, 5) is 14.9. The number of furan rings is 1. The summed E-state index contributed by atoms with van der Waals surface area (Å²) in [6.45, 7) is 2.14. The first kappa shape index (κ1) is 16.4. The van der Waals surface area contributed by atoms with E-state index in [9.17, 15) is 4.79 Å². The van der Waals surface area contributed by atoms with Crippen molar-refractivity contribution in [2.75, 3.05) is 20.2 Å². The third kappa shape index (κ3) is 4.28.